The fraction of sp³-hybridized carbons (Fsp3) is 0.533. The third-order valence-electron chi connectivity index (χ3n) is 5.16. The second-order valence-corrected chi connectivity index (χ2v) is 6.35. The Morgan fingerprint density at radius 2 is 2.33 bits per heavy atom. The molecule has 0 aromatic heterocycles. The molecule has 2 fully saturated rings. The van der Waals surface area contributed by atoms with E-state index >= 15 is 0 Å². The number of halogens is 2. The zero-order valence-electron chi connectivity index (χ0n) is 12.8. The first-order chi connectivity index (χ1) is 11.5. The number of nitriles is 1. The summed E-state index contributed by atoms with van der Waals surface area (Å²) >= 11 is 0. The maximum Gasteiger partial charge on any atom is 0.289 e. The molecule has 0 aliphatic carbocycles. The fourth-order valence-corrected chi connectivity index (χ4v) is 3.87. The Bertz CT molecular complexity index is 724. The van der Waals surface area contributed by atoms with Crippen LogP contribution in [0.25, 0.3) is 0 Å². The summed E-state index contributed by atoms with van der Waals surface area (Å²) in [7, 11) is 0. The SMILES string of the molecule is N#CCC(=O)N1CC(F)(F)C12CCN(C1=C3C=CNC3N=CN1)C2. The van der Waals surface area contributed by atoms with Gasteiger partial charge in [0.2, 0.25) is 5.91 Å². The summed E-state index contributed by atoms with van der Waals surface area (Å²) < 4.78 is 28.7. The highest BCUT2D eigenvalue weighted by atomic mass is 19.3. The van der Waals surface area contributed by atoms with Gasteiger partial charge in [-0.25, -0.2) is 13.8 Å². The number of fused-ring (bicyclic) bond motifs is 1. The molecule has 0 bridgehead atoms. The van der Waals surface area contributed by atoms with Gasteiger partial charge in [-0.1, -0.05) is 0 Å². The molecule has 4 aliphatic heterocycles. The monoisotopic (exact) mass is 334 g/mol. The largest absolute Gasteiger partial charge is 0.366 e. The van der Waals surface area contributed by atoms with Crippen LogP contribution in [0.1, 0.15) is 12.8 Å². The van der Waals surface area contributed by atoms with Crippen molar-refractivity contribution in [2.45, 2.75) is 30.5 Å². The Balaban J connectivity index is 1.60. The summed E-state index contributed by atoms with van der Waals surface area (Å²) in [6.45, 7) is -0.157. The zero-order chi connectivity index (χ0) is 16.9. The Hall–Kier alpha value is -2.63. The molecule has 2 saturated heterocycles. The van der Waals surface area contributed by atoms with Gasteiger partial charge in [-0.05, 0) is 18.7 Å². The van der Waals surface area contributed by atoms with E-state index < -0.39 is 23.9 Å². The molecule has 2 atom stereocenters. The van der Waals surface area contributed by atoms with Crippen LogP contribution in [-0.2, 0) is 4.79 Å². The number of carbonyl (C=O) groups is 1. The summed E-state index contributed by atoms with van der Waals surface area (Å²) in [5.74, 6) is -2.73. The lowest BCUT2D eigenvalue weighted by Crippen LogP contribution is -2.77. The van der Waals surface area contributed by atoms with Gasteiger partial charge in [0.15, 0.2) is 0 Å². The van der Waals surface area contributed by atoms with Crippen molar-refractivity contribution in [3.63, 3.8) is 0 Å². The lowest BCUT2D eigenvalue weighted by atomic mass is 9.79. The molecule has 24 heavy (non-hydrogen) atoms. The molecule has 1 spiro atoms. The smallest absolute Gasteiger partial charge is 0.289 e. The van der Waals surface area contributed by atoms with E-state index in [2.05, 4.69) is 15.6 Å². The molecule has 0 aromatic carbocycles. The number of carbonyl (C=O) groups excluding carboxylic acids is 1. The minimum absolute atomic E-state index is 0.0391. The van der Waals surface area contributed by atoms with Crippen LogP contribution in [-0.4, -0.2) is 59.3 Å². The number of alkyl halides is 2. The molecule has 2 N–H and O–H groups in total. The van der Waals surface area contributed by atoms with Crippen LogP contribution in [0.5, 0.6) is 0 Å². The highest BCUT2D eigenvalue weighted by Crippen LogP contribution is 2.51. The van der Waals surface area contributed by atoms with Crippen LogP contribution in [0.2, 0.25) is 0 Å². The van der Waals surface area contributed by atoms with E-state index in [0.717, 1.165) is 11.4 Å². The van der Waals surface area contributed by atoms with Gasteiger partial charge in [-0.3, -0.25) is 4.79 Å². The average Bonchev–Trinajstić information content (AvgIpc) is 3.21. The second kappa shape index (κ2) is 4.93. The van der Waals surface area contributed by atoms with E-state index in [9.17, 15) is 13.6 Å². The molecule has 1 amide bonds. The van der Waals surface area contributed by atoms with Gasteiger partial charge >= 0.3 is 0 Å². The van der Waals surface area contributed by atoms with Crippen LogP contribution in [0, 0.1) is 11.3 Å². The second-order valence-electron chi connectivity index (χ2n) is 6.35. The van der Waals surface area contributed by atoms with E-state index in [1.54, 1.807) is 18.6 Å². The van der Waals surface area contributed by atoms with Crippen LogP contribution < -0.4 is 10.6 Å². The van der Waals surface area contributed by atoms with Crippen molar-refractivity contribution in [3.8, 4) is 6.07 Å². The molecular weight excluding hydrogens is 318 g/mol. The van der Waals surface area contributed by atoms with E-state index in [4.69, 9.17) is 5.26 Å². The number of hydrogen-bond donors (Lipinski definition) is 2. The van der Waals surface area contributed by atoms with Gasteiger partial charge in [0, 0.05) is 18.7 Å². The fourth-order valence-electron chi connectivity index (χ4n) is 3.87. The molecule has 4 aliphatic rings. The molecular formula is C15H16F2N6O. The number of nitrogens with one attached hydrogen (secondary N) is 2. The zero-order valence-corrected chi connectivity index (χ0v) is 12.8. The number of amides is 1. The van der Waals surface area contributed by atoms with Gasteiger partial charge < -0.3 is 20.4 Å². The quantitative estimate of drug-likeness (QED) is 0.749. The van der Waals surface area contributed by atoms with Gasteiger partial charge in [-0.15, -0.1) is 0 Å². The number of rotatable bonds is 2. The van der Waals surface area contributed by atoms with Crippen LogP contribution in [0.3, 0.4) is 0 Å². The third-order valence-corrected chi connectivity index (χ3v) is 5.16. The Morgan fingerprint density at radius 1 is 1.50 bits per heavy atom. The number of hydrogen-bond acceptors (Lipinski definition) is 6. The van der Waals surface area contributed by atoms with Crippen molar-refractivity contribution >= 4 is 12.2 Å². The standard InChI is InChI=1S/C15H16F2N6O/c16-15(17)8-23(11(24)1-4-18)14(15)3-6-22(7-14)13-10-2-5-19-12(10)20-9-21-13/h2,5,9,12,19H,1,3,6-8H2,(H,20,21). The minimum Gasteiger partial charge on any atom is -0.366 e. The van der Waals surface area contributed by atoms with E-state index in [0.29, 0.717) is 6.54 Å². The summed E-state index contributed by atoms with van der Waals surface area (Å²) in [5, 5.41) is 14.8. The summed E-state index contributed by atoms with van der Waals surface area (Å²) in [4.78, 5) is 19.3. The van der Waals surface area contributed by atoms with Crippen LogP contribution >= 0.6 is 0 Å². The van der Waals surface area contributed by atoms with Crippen LogP contribution in [0.15, 0.2) is 28.7 Å². The molecule has 4 rings (SSSR count). The molecule has 0 saturated carbocycles. The summed E-state index contributed by atoms with van der Waals surface area (Å²) in [6.07, 6.45) is 4.80. The van der Waals surface area contributed by atoms with Crippen molar-refractivity contribution in [3.05, 3.63) is 23.7 Å². The minimum atomic E-state index is -2.94. The van der Waals surface area contributed by atoms with E-state index in [1.165, 1.54) is 4.90 Å². The van der Waals surface area contributed by atoms with E-state index in [-0.39, 0.29) is 25.6 Å². The maximum absolute atomic E-state index is 14.4. The number of aliphatic imine (C=N–C) groups is 1. The van der Waals surface area contributed by atoms with Gasteiger partial charge in [0.25, 0.3) is 5.92 Å². The van der Waals surface area contributed by atoms with Crippen molar-refractivity contribution < 1.29 is 13.6 Å². The Morgan fingerprint density at radius 3 is 3.08 bits per heavy atom. The molecule has 9 heteroatoms. The molecule has 0 aromatic rings. The maximum atomic E-state index is 14.4. The lowest BCUT2D eigenvalue weighted by molar-refractivity contribution is -0.235. The predicted molar refractivity (Wildman–Crippen MR) is 80.5 cm³/mol. The average molecular weight is 334 g/mol. The van der Waals surface area contributed by atoms with E-state index in [1.807, 2.05) is 11.0 Å². The highest BCUT2D eigenvalue weighted by Gasteiger charge is 2.70. The first-order valence-electron chi connectivity index (χ1n) is 7.74. The van der Waals surface area contributed by atoms with Gasteiger partial charge in [-0.2, -0.15) is 5.26 Å². The molecule has 4 heterocycles. The van der Waals surface area contributed by atoms with Crippen molar-refractivity contribution in [2.24, 2.45) is 4.99 Å². The highest BCUT2D eigenvalue weighted by molar-refractivity contribution is 5.81. The number of likely N-dealkylation sites (tertiary alicyclic amines) is 2. The van der Waals surface area contributed by atoms with Gasteiger partial charge in [0.05, 0.1) is 19.0 Å². The summed E-state index contributed by atoms with van der Waals surface area (Å²) in [5.41, 5.74) is -0.622. The summed E-state index contributed by atoms with van der Waals surface area (Å²) in [6, 6.07) is 1.75. The van der Waals surface area contributed by atoms with Crippen molar-refractivity contribution in [1.29, 1.82) is 5.26 Å². The molecule has 7 nitrogen and oxygen atoms in total. The lowest BCUT2D eigenvalue weighted by Gasteiger charge is -2.56. The van der Waals surface area contributed by atoms with Crippen LogP contribution in [0.4, 0.5) is 8.78 Å². The molecule has 0 radical (unpaired) electrons. The first-order valence-corrected chi connectivity index (χ1v) is 7.74. The predicted octanol–water partition coefficient (Wildman–Crippen LogP) is 0.108. The topological polar surface area (TPSA) is 83.8 Å². The third kappa shape index (κ3) is 1.85. The van der Waals surface area contributed by atoms with Gasteiger partial charge in [0.1, 0.15) is 23.9 Å². The Labute approximate surface area is 137 Å². The Kier molecular flexibility index (Phi) is 3.07. The molecule has 126 valence electrons. The van der Waals surface area contributed by atoms with Crippen molar-refractivity contribution in [2.75, 3.05) is 19.6 Å². The normalized spacial score (nSPS) is 32.3. The van der Waals surface area contributed by atoms with Crippen molar-refractivity contribution in [1.82, 2.24) is 20.4 Å². The molecule has 2 unspecified atom stereocenters. The first kappa shape index (κ1) is 14.9. The number of nitrogens with zero attached hydrogens (tertiary/aromatic N) is 4.